The third-order valence-electron chi connectivity index (χ3n) is 2.86. The number of halogens is 2. The van der Waals surface area contributed by atoms with Gasteiger partial charge in [0.25, 0.3) is 0 Å². The van der Waals surface area contributed by atoms with Crippen molar-refractivity contribution in [3.63, 3.8) is 0 Å². The maximum Gasteiger partial charge on any atom is 0.248 e. The molecule has 0 saturated heterocycles. The van der Waals surface area contributed by atoms with E-state index in [9.17, 15) is 4.79 Å². The van der Waals surface area contributed by atoms with Crippen LogP contribution in [0.1, 0.15) is 15.9 Å². The van der Waals surface area contributed by atoms with E-state index in [4.69, 9.17) is 41.2 Å². The van der Waals surface area contributed by atoms with E-state index in [-0.39, 0.29) is 0 Å². The number of anilines is 1. The number of hydrogen-bond donors (Lipinski definition) is 3. The van der Waals surface area contributed by atoms with Gasteiger partial charge in [-0.2, -0.15) is 0 Å². The van der Waals surface area contributed by atoms with Crippen LogP contribution in [-0.2, 0) is 6.54 Å². The monoisotopic (exact) mass is 353 g/mol. The minimum absolute atomic E-state index is 0.445. The third-order valence-corrected chi connectivity index (χ3v) is 3.85. The summed E-state index contributed by atoms with van der Waals surface area (Å²) in [5, 5.41) is 7.54. The van der Waals surface area contributed by atoms with E-state index in [1.54, 1.807) is 36.4 Å². The predicted octanol–water partition coefficient (Wildman–Crippen LogP) is 3.58. The molecule has 7 heteroatoms. The smallest absolute Gasteiger partial charge is 0.248 e. The molecule has 4 nitrogen and oxygen atoms in total. The molecule has 0 spiro atoms. The maximum atomic E-state index is 11.0. The molecule has 0 heterocycles. The fraction of sp³-hybridized carbons (Fsp3) is 0.0667. The first kappa shape index (κ1) is 16.5. The molecule has 22 heavy (non-hydrogen) atoms. The molecule has 4 N–H and O–H groups in total. The number of hydrogen-bond acceptors (Lipinski definition) is 2. The average Bonchev–Trinajstić information content (AvgIpc) is 2.49. The van der Waals surface area contributed by atoms with Crippen molar-refractivity contribution >= 4 is 52.1 Å². The fourth-order valence-corrected chi connectivity index (χ4v) is 2.24. The van der Waals surface area contributed by atoms with Crippen LogP contribution in [-0.4, -0.2) is 11.0 Å². The van der Waals surface area contributed by atoms with Crippen LogP contribution in [0.5, 0.6) is 0 Å². The van der Waals surface area contributed by atoms with Gasteiger partial charge in [0.15, 0.2) is 5.11 Å². The summed E-state index contributed by atoms with van der Waals surface area (Å²) >= 11 is 17.0. The first-order chi connectivity index (χ1) is 10.5. The Hall–Kier alpha value is -1.82. The van der Waals surface area contributed by atoms with Gasteiger partial charge in [0.2, 0.25) is 5.91 Å². The molecular weight excluding hydrogens is 341 g/mol. The van der Waals surface area contributed by atoms with Gasteiger partial charge in [-0.15, -0.1) is 0 Å². The fourth-order valence-electron chi connectivity index (χ4n) is 1.73. The van der Waals surface area contributed by atoms with Gasteiger partial charge in [-0.25, -0.2) is 0 Å². The van der Waals surface area contributed by atoms with E-state index in [1.165, 1.54) is 0 Å². The molecule has 1 amide bonds. The van der Waals surface area contributed by atoms with Crippen molar-refractivity contribution in [1.29, 1.82) is 0 Å². The topological polar surface area (TPSA) is 67.2 Å². The molecule has 0 atom stereocenters. The van der Waals surface area contributed by atoms with Crippen molar-refractivity contribution < 1.29 is 4.79 Å². The highest BCUT2D eigenvalue weighted by molar-refractivity contribution is 7.80. The Morgan fingerprint density at radius 3 is 2.36 bits per heavy atom. The van der Waals surface area contributed by atoms with E-state index in [0.29, 0.717) is 27.3 Å². The van der Waals surface area contributed by atoms with E-state index >= 15 is 0 Å². The molecule has 0 fully saturated rings. The van der Waals surface area contributed by atoms with Crippen LogP contribution in [0.15, 0.2) is 42.5 Å². The lowest BCUT2D eigenvalue weighted by Gasteiger charge is -2.11. The quantitative estimate of drug-likeness (QED) is 0.735. The number of nitrogens with one attached hydrogen (secondary N) is 2. The number of carbonyl (C=O) groups is 1. The van der Waals surface area contributed by atoms with Crippen LogP contribution in [0.4, 0.5) is 5.69 Å². The Kier molecular flexibility index (Phi) is 5.60. The molecule has 0 aliphatic heterocycles. The first-order valence-electron chi connectivity index (χ1n) is 6.34. The number of benzene rings is 2. The van der Waals surface area contributed by atoms with Crippen LogP contribution in [0.2, 0.25) is 10.0 Å². The second-order valence-corrected chi connectivity index (χ2v) is 5.72. The van der Waals surface area contributed by atoms with Crippen molar-refractivity contribution in [2.45, 2.75) is 6.54 Å². The largest absolute Gasteiger partial charge is 0.366 e. The van der Waals surface area contributed by atoms with Gasteiger partial charge >= 0.3 is 0 Å². The van der Waals surface area contributed by atoms with E-state index in [2.05, 4.69) is 10.6 Å². The molecule has 2 aromatic carbocycles. The first-order valence-corrected chi connectivity index (χ1v) is 7.51. The lowest BCUT2D eigenvalue weighted by atomic mass is 10.2. The van der Waals surface area contributed by atoms with E-state index in [0.717, 1.165) is 11.3 Å². The van der Waals surface area contributed by atoms with Gasteiger partial charge in [-0.05, 0) is 54.2 Å². The molecule has 0 aromatic heterocycles. The second kappa shape index (κ2) is 7.45. The number of rotatable bonds is 4. The molecule has 0 bridgehead atoms. The Labute approximate surface area is 143 Å². The Balaban J connectivity index is 1.89. The summed E-state index contributed by atoms with van der Waals surface area (Å²) in [5.74, 6) is -0.466. The van der Waals surface area contributed by atoms with Gasteiger partial charge in [-0.1, -0.05) is 29.3 Å². The summed E-state index contributed by atoms with van der Waals surface area (Å²) < 4.78 is 0. The Bertz CT molecular complexity index is 704. The van der Waals surface area contributed by atoms with Gasteiger partial charge < -0.3 is 16.4 Å². The second-order valence-electron chi connectivity index (χ2n) is 4.50. The van der Waals surface area contributed by atoms with E-state index < -0.39 is 5.91 Å². The summed E-state index contributed by atoms with van der Waals surface area (Å²) in [5.41, 5.74) is 7.35. The van der Waals surface area contributed by atoms with Crippen LogP contribution in [0, 0.1) is 0 Å². The lowest BCUT2D eigenvalue weighted by Crippen LogP contribution is -2.27. The highest BCUT2D eigenvalue weighted by atomic mass is 35.5. The zero-order valence-electron chi connectivity index (χ0n) is 11.4. The molecule has 2 rings (SSSR count). The summed E-state index contributed by atoms with van der Waals surface area (Å²) in [4.78, 5) is 11.0. The summed E-state index contributed by atoms with van der Waals surface area (Å²) in [6.45, 7) is 0.516. The summed E-state index contributed by atoms with van der Waals surface area (Å²) in [6, 6.07) is 12.1. The molecule has 2 aromatic rings. The van der Waals surface area contributed by atoms with E-state index in [1.807, 2.05) is 6.07 Å². The maximum absolute atomic E-state index is 11.0. The van der Waals surface area contributed by atoms with Crippen molar-refractivity contribution in [1.82, 2.24) is 5.32 Å². The van der Waals surface area contributed by atoms with Crippen molar-refractivity contribution in [2.75, 3.05) is 5.32 Å². The molecule has 0 unspecified atom stereocenters. The van der Waals surface area contributed by atoms with Crippen LogP contribution >= 0.6 is 35.4 Å². The molecule has 0 saturated carbocycles. The van der Waals surface area contributed by atoms with Crippen molar-refractivity contribution in [2.24, 2.45) is 5.73 Å². The Morgan fingerprint density at radius 2 is 1.77 bits per heavy atom. The van der Waals surface area contributed by atoms with Crippen molar-refractivity contribution in [3.05, 3.63) is 63.6 Å². The average molecular weight is 354 g/mol. The molecule has 0 aliphatic rings. The standard InChI is InChI=1S/C15H13Cl2N3OS/c16-12-6-1-9(7-13(12)17)8-19-15(22)20-11-4-2-10(3-5-11)14(18)21/h1-7H,8H2,(H2,18,21)(H2,19,20,22). The molecule has 0 radical (unpaired) electrons. The highest BCUT2D eigenvalue weighted by Gasteiger charge is 2.03. The van der Waals surface area contributed by atoms with Gasteiger partial charge in [0.1, 0.15) is 0 Å². The minimum atomic E-state index is -0.466. The van der Waals surface area contributed by atoms with Crippen LogP contribution in [0.3, 0.4) is 0 Å². The summed E-state index contributed by atoms with van der Waals surface area (Å²) in [7, 11) is 0. The van der Waals surface area contributed by atoms with Gasteiger partial charge in [0.05, 0.1) is 10.0 Å². The van der Waals surface area contributed by atoms with Crippen LogP contribution < -0.4 is 16.4 Å². The zero-order valence-corrected chi connectivity index (χ0v) is 13.7. The molecule has 114 valence electrons. The number of nitrogens with two attached hydrogens (primary N) is 1. The van der Waals surface area contributed by atoms with Gasteiger partial charge in [-0.3, -0.25) is 4.79 Å². The molecule has 0 aliphatic carbocycles. The normalized spacial score (nSPS) is 10.1. The highest BCUT2D eigenvalue weighted by Crippen LogP contribution is 2.22. The Morgan fingerprint density at radius 1 is 1.09 bits per heavy atom. The summed E-state index contributed by atoms with van der Waals surface area (Å²) in [6.07, 6.45) is 0. The number of amides is 1. The number of primary amides is 1. The zero-order chi connectivity index (χ0) is 16.1. The van der Waals surface area contributed by atoms with Gasteiger partial charge in [0, 0.05) is 17.8 Å². The van der Waals surface area contributed by atoms with Crippen LogP contribution in [0.25, 0.3) is 0 Å². The predicted molar refractivity (Wildman–Crippen MR) is 94.5 cm³/mol. The number of thiocarbonyl (C=S) groups is 1. The molecular formula is C15H13Cl2N3OS. The minimum Gasteiger partial charge on any atom is -0.366 e. The SMILES string of the molecule is NC(=O)c1ccc(NC(=S)NCc2ccc(Cl)c(Cl)c2)cc1. The number of carbonyl (C=O) groups excluding carboxylic acids is 1. The third kappa shape index (κ3) is 4.59. The lowest BCUT2D eigenvalue weighted by molar-refractivity contribution is 0.100. The van der Waals surface area contributed by atoms with Crippen molar-refractivity contribution in [3.8, 4) is 0 Å².